The van der Waals surface area contributed by atoms with Crippen LogP contribution in [0.15, 0.2) is 18.2 Å². The maximum Gasteiger partial charge on any atom is 0.251 e. The van der Waals surface area contributed by atoms with E-state index in [0.29, 0.717) is 23.6 Å². The van der Waals surface area contributed by atoms with E-state index in [-0.39, 0.29) is 17.8 Å². The van der Waals surface area contributed by atoms with Gasteiger partial charge >= 0.3 is 0 Å². The van der Waals surface area contributed by atoms with E-state index in [9.17, 15) is 9.18 Å². The number of aryl methyl sites for hydroxylation is 1. The molecule has 0 saturated heterocycles. The molecule has 0 aliphatic heterocycles. The van der Waals surface area contributed by atoms with Crippen LogP contribution in [0.25, 0.3) is 0 Å². The quantitative estimate of drug-likeness (QED) is 0.834. The first-order chi connectivity index (χ1) is 8.08. The van der Waals surface area contributed by atoms with Gasteiger partial charge in [0.2, 0.25) is 0 Å². The van der Waals surface area contributed by atoms with Gasteiger partial charge in [0.15, 0.2) is 0 Å². The zero-order valence-electron chi connectivity index (χ0n) is 9.87. The molecule has 1 aromatic carbocycles. The summed E-state index contributed by atoms with van der Waals surface area (Å²) in [6, 6.07) is 4.20. The number of benzene rings is 1. The molecule has 1 amide bonds. The minimum atomic E-state index is -0.325. The van der Waals surface area contributed by atoms with E-state index in [2.05, 4.69) is 5.32 Å². The predicted octanol–water partition coefficient (Wildman–Crippen LogP) is 1.60. The second-order valence-electron chi connectivity index (χ2n) is 4.67. The summed E-state index contributed by atoms with van der Waals surface area (Å²) in [6.45, 7) is 2.21. The average Bonchev–Trinajstić information content (AvgIpc) is 3.09. The molecule has 1 aliphatic rings. The van der Waals surface area contributed by atoms with Gasteiger partial charge in [-0.2, -0.15) is 0 Å². The summed E-state index contributed by atoms with van der Waals surface area (Å²) in [5.41, 5.74) is 7.04. The van der Waals surface area contributed by atoms with E-state index in [0.717, 1.165) is 12.8 Å². The molecule has 4 heteroatoms. The summed E-state index contributed by atoms with van der Waals surface area (Å²) in [5, 5.41) is 2.79. The number of hydrogen-bond donors (Lipinski definition) is 2. The van der Waals surface area contributed by atoms with Crippen molar-refractivity contribution in [2.24, 2.45) is 11.7 Å². The Balaban J connectivity index is 1.94. The fourth-order valence-corrected chi connectivity index (χ4v) is 1.88. The largest absolute Gasteiger partial charge is 0.350 e. The van der Waals surface area contributed by atoms with E-state index < -0.39 is 0 Å². The standard InChI is InChI=1S/C13H17FN2O/c1-8-6-10(14)4-5-11(8)13(17)16-7-12(15)9-2-3-9/h4-6,9,12H,2-3,7,15H2,1H3,(H,16,17). The third kappa shape index (κ3) is 3.03. The number of carbonyl (C=O) groups excluding carboxylic acids is 1. The first kappa shape index (κ1) is 12.0. The lowest BCUT2D eigenvalue weighted by molar-refractivity contribution is 0.0949. The summed E-state index contributed by atoms with van der Waals surface area (Å²) in [7, 11) is 0. The Bertz CT molecular complexity index is 429. The molecule has 0 bridgehead atoms. The lowest BCUT2D eigenvalue weighted by Gasteiger charge is -2.12. The van der Waals surface area contributed by atoms with Crippen LogP contribution in [-0.2, 0) is 0 Å². The van der Waals surface area contributed by atoms with Crippen molar-refractivity contribution in [1.82, 2.24) is 5.32 Å². The number of halogens is 1. The molecule has 1 unspecified atom stereocenters. The van der Waals surface area contributed by atoms with Gasteiger partial charge in [-0.25, -0.2) is 4.39 Å². The molecule has 0 spiro atoms. The molecule has 0 aromatic heterocycles. The topological polar surface area (TPSA) is 55.1 Å². The first-order valence-corrected chi connectivity index (χ1v) is 5.88. The van der Waals surface area contributed by atoms with Gasteiger partial charge in [0.25, 0.3) is 5.91 Å². The van der Waals surface area contributed by atoms with Crippen LogP contribution in [0, 0.1) is 18.7 Å². The van der Waals surface area contributed by atoms with E-state index in [1.165, 1.54) is 18.2 Å². The Hall–Kier alpha value is -1.42. The first-order valence-electron chi connectivity index (χ1n) is 5.88. The predicted molar refractivity (Wildman–Crippen MR) is 64.2 cm³/mol. The smallest absolute Gasteiger partial charge is 0.251 e. The van der Waals surface area contributed by atoms with Gasteiger partial charge in [-0.1, -0.05) is 0 Å². The fraction of sp³-hybridized carbons (Fsp3) is 0.462. The van der Waals surface area contributed by atoms with Crippen LogP contribution in [0.2, 0.25) is 0 Å². The zero-order valence-corrected chi connectivity index (χ0v) is 9.87. The monoisotopic (exact) mass is 236 g/mol. The van der Waals surface area contributed by atoms with Crippen molar-refractivity contribution in [3.8, 4) is 0 Å². The molecule has 1 atom stereocenters. The van der Waals surface area contributed by atoms with Crippen molar-refractivity contribution >= 4 is 5.91 Å². The highest BCUT2D eigenvalue weighted by atomic mass is 19.1. The van der Waals surface area contributed by atoms with E-state index >= 15 is 0 Å². The van der Waals surface area contributed by atoms with Gasteiger partial charge < -0.3 is 11.1 Å². The summed E-state index contributed by atoms with van der Waals surface area (Å²) in [5.74, 6) is 0.0527. The molecule has 1 aliphatic carbocycles. The van der Waals surface area contributed by atoms with Gasteiger partial charge in [-0.05, 0) is 49.4 Å². The molecular weight excluding hydrogens is 219 g/mol. The van der Waals surface area contributed by atoms with E-state index in [4.69, 9.17) is 5.73 Å². The van der Waals surface area contributed by atoms with Gasteiger partial charge in [0.05, 0.1) is 0 Å². The molecule has 3 N–H and O–H groups in total. The zero-order chi connectivity index (χ0) is 12.4. The van der Waals surface area contributed by atoms with E-state index in [1.54, 1.807) is 6.92 Å². The minimum Gasteiger partial charge on any atom is -0.350 e. The highest BCUT2D eigenvalue weighted by Crippen LogP contribution is 2.31. The van der Waals surface area contributed by atoms with Crippen molar-refractivity contribution in [2.45, 2.75) is 25.8 Å². The van der Waals surface area contributed by atoms with Crippen molar-refractivity contribution in [2.75, 3.05) is 6.54 Å². The lowest BCUT2D eigenvalue weighted by Crippen LogP contribution is -2.38. The van der Waals surface area contributed by atoms with Crippen LogP contribution >= 0.6 is 0 Å². The second-order valence-corrected chi connectivity index (χ2v) is 4.67. The van der Waals surface area contributed by atoms with E-state index in [1.807, 2.05) is 0 Å². The Labute approximate surface area is 100 Å². The summed E-state index contributed by atoms with van der Waals surface area (Å²) < 4.78 is 12.9. The summed E-state index contributed by atoms with van der Waals surface area (Å²) in [6.07, 6.45) is 2.32. The number of rotatable bonds is 4. The Kier molecular flexibility index (Phi) is 3.43. The van der Waals surface area contributed by atoms with Crippen LogP contribution < -0.4 is 11.1 Å². The molecule has 1 aromatic rings. The highest BCUT2D eigenvalue weighted by molar-refractivity contribution is 5.95. The van der Waals surface area contributed by atoms with Gasteiger partial charge in [0.1, 0.15) is 5.82 Å². The molecule has 1 saturated carbocycles. The van der Waals surface area contributed by atoms with Gasteiger partial charge in [0, 0.05) is 18.2 Å². The van der Waals surface area contributed by atoms with Crippen LogP contribution in [0.1, 0.15) is 28.8 Å². The maximum absolute atomic E-state index is 12.9. The summed E-state index contributed by atoms with van der Waals surface area (Å²) >= 11 is 0. The van der Waals surface area contributed by atoms with Crippen LogP contribution in [0.5, 0.6) is 0 Å². The molecule has 0 radical (unpaired) electrons. The number of carbonyl (C=O) groups is 1. The normalized spacial score (nSPS) is 16.6. The summed E-state index contributed by atoms with van der Waals surface area (Å²) in [4.78, 5) is 11.8. The average molecular weight is 236 g/mol. The van der Waals surface area contributed by atoms with Gasteiger partial charge in [-0.15, -0.1) is 0 Å². The fourth-order valence-electron chi connectivity index (χ4n) is 1.88. The molecule has 92 valence electrons. The Morgan fingerprint density at radius 2 is 2.29 bits per heavy atom. The second kappa shape index (κ2) is 4.84. The Morgan fingerprint density at radius 3 is 2.88 bits per heavy atom. The number of amides is 1. The van der Waals surface area contributed by atoms with Crippen molar-refractivity contribution in [1.29, 1.82) is 0 Å². The van der Waals surface area contributed by atoms with Crippen molar-refractivity contribution in [3.05, 3.63) is 35.1 Å². The van der Waals surface area contributed by atoms with Crippen LogP contribution in [0.3, 0.4) is 0 Å². The molecule has 3 nitrogen and oxygen atoms in total. The SMILES string of the molecule is Cc1cc(F)ccc1C(=O)NCC(N)C1CC1. The number of nitrogens with one attached hydrogen (secondary N) is 1. The highest BCUT2D eigenvalue weighted by Gasteiger charge is 2.28. The van der Waals surface area contributed by atoms with Crippen molar-refractivity contribution < 1.29 is 9.18 Å². The van der Waals surface area contributed by atoms with Gasteiger partial charge in [-0.3, -0.25) is 4.79 Å². The van der Waals surface area contributed by atoms with Crippen molar-refractivity contribution in [3.63, 3.8) is 0 Å². The minimum absolute atomic E-state index is 0.0414. The molecule has 2 rings (SSSR count). The maximum atomic E-state index is 12.9. The molecule has 0 heterocycles. The Morgan fingerprint density at radius 1 is 1.59 bits per heavy atom. The lowest BCUT2D eigenvalue weighted by atomic mass is 10.1. The third-order valence-electron chi connectivity index (χ3n) is 3.16. The third-order valence-corrected chi connectivity index (χ3v) is 3.16. The van der Waals surface area contributed by atoms with Crippen LogP contribution in [0.4, 0.5) is 4.39 Å². The molecule has 17 heavy (non-hydrogen) atoms. The molecular formula is C13H17FN2O. The number of hydrogen-bond acceptors (Lipinski definition) is 2. The number of nitrogens with two attached hydrogens (primary N) is 1. The molecule has 1 fully saturated rings. The van der Waals surface area contributed by atoms with Crippen LogP contribution in [-0.4, -0.2) is 18.5 Å².